The quantitative estimate of drug-likeness (QED) is 0.0153. The summed E-state index contributed by atoms with van der Waals surface area (Å²) in [5.74, 6) is -4.46. The number of halogens is 1. The Morgan fingerprint density at radius 3 is 2.22 bits per heavy atom. The molecule has 2 aliphatic heterocycles. The Labute approximate surface area is 511 Å². The number of aromatic amines is 1. The van der Waals surface area contributed by atoms with Gasteiger partial charge in [-0.1, -0.05) is 77.4 Å². The monoisotopic (exact) mass is 1240 g/mol. The van der Waals surface area contributed by atoms with Crippen LogP contribution in [0.1, 0.15) is 156 Å². The molecule has 0 saturated carbocycles. The van der Waals surface area contributed by atoms with Crippen LogP contribution in [-0.2, 0) is 39.8 Å². The fraction of sp³-hybridized carbons (Fsp3) is 0.500. The first-order valence-electron chi connectivity index (χ1n) is 29.2. The van der Waals surface area contributed by atoms with Crippen molar-refractivity contribution in [2.45, 2.75) is 161 Å². The number of benzene rings is 3. The topological polar surface area (TPSA) is 332 Å². The third-order valence-corrected chi connectivity index (χ3v) is 17.3. The summed E-state index contributed by atoms with van der Waals surface area (Å²) in [6, 6.07) is 12.4. The smallest absolute Gasteiger partial charge is 0.396 e. The van der Waals surface area contributed by atoms with E-state index in [1.807, 2.05) is 79.0 Å². The number of aliphatic hydroxyl groups excluding tert-OH is 1. The average Bonchev–Trinajstić information content (AvgIpc) is 2.90. The van der Waals surface area contributed by atoms with Gasteiger partial charge in [-0.3, -0.25) is 47.9 Å². The van der Waals surface area contributed by atoms with Crippen LogP contribution in [0.5, 0.6) is 5.75 Å². The molecule has 4 aromatic rings. The summed E-state index contributed by atoms with van der Waals surface area (Å²) >= 11 is 1.56. The molecule has 0 aliphatic carbocycles. The van der Waals surface area contributed by atoms with E-state index in [9.17, 15) is 57.8 Å². The molecule has 2 aliphatic rings. The van der Waals surface area contributed by atoms with E-state index in [0.29, 0.717) is 48.6 Å². The van der Waals surface area contributed by atoms with E-state index in [1.54, 1.807) is 23.9 Å². The third-order valence-electron chi connectivity index (χ3n) is 15.5. The number of aryl methyl sites for hydroxylation is 1. The molecule has 3 heterocycles. The minimum atomic E-state index is -5.06. The highest BCUT2D eigenvalue weighted by molar-refractivity contribution is 8.07. The molecular formula is C62H83FN9O13PS. The predicted molar refractivity (Wildman–Crippen MR) is 331 cm³/mol. The molecule has 25 heteroatoms. The van der Waals surface area contributed by atoms with Gasteiger partial charge in [0.1, 0.15) is 36.5 Å². The summed E-state index contributed by atoms with van der Waals surface area (Å²) in [5.41, 5.74) is 6.48. The number of fused-ring (bicyclic) bond motifs is 1. The molecule has 0 unspecified atom stereocenters. The Morgan fingerprint density at radius 1 is 0.885 bits per heavy atom. The molecular weight excluding hydrogens is 1160 g/mol. The van der Waals surface area contributed by atoms with Gasteiger partial charge in [0.2, 0.25) is 35.4 Å². The first-order valence-corrected chi connectivity index (χ1v) is 32.1. The lowest BCUT2D eigenvalue weighted by Crippen LogP contribution is -2.57. The molecule has 7 amide bonds. The fourth-order valence-corrected chi connectivity index (χ4v) is 12.1. The van der Waals surface area contributed by atoms with E-state index in [1.165, 1.54) is 40.1 Å². The minimum absolute atomic E-state index is 0.0172. The second-order valence-corrected chi connectivity index (χ2v) is 26.2. The van der Waals surface area contributed by atoms with Crippen molar-refractivity contribution < 1.29 is 66.9 Å². The maximum absolute atomic E-state index is 16.1. The van der Waals surface area contributed by atoms with Crippen LogP contribution < -0.4 is 31.7 Å². The number of H-pyrrole nitrogens is 1. The molecule has 2 saturated heterocycles. The van der Waals surface area contributed by atoms with E-state index in [-0.39, 0.29) is 87.1 Å². The van der Waals surface area contributed by atoms with Crippen LogP contribution >= 0.6 is 19.4 Å². The standard InChI is InChI=1S/C62H83FN9O13PS/c1-35(2)29-47(69-56(76)46-31-42-30-41(24-26-45(42)68-46)61(81)86(82,83)84)59(79)71-28-14-17-48(71)57(77)67-43(25-27-51(64)74)34-85-50-18-13-16-39(53(50)63)15-11-10-12-19-52(75)70-55(62(5,6)7)60(80)72-33-44(73)32-49(72)58(78)66-36(3)38-20-22-40(23-21-38)54(87-9)37(4)65-8/h13,16,18,20-24,26,30-31,35-36,43-44,47-49,55,68,73H,8,10-12,14-15,17,19,25,27-29,32-34H2,1-7,9H3,(H2,64,74)(H,66,78)(H,67,77)(H,69,76)(H,70,75)(H2,82,83,84)/b54-37-/t36-,43-,44+,47-,48-,49-,55+/m0/s1. The number of primary amides is 1. The number of aliphatic imine (C=N–C) groups is 1. The Bertz CT molecular complexity index is 3270. The number of rotatable bonds is 29. The van der Waals surface area contributed by atoms with Crippen LogP contribution in [0, 0.1) is 17.2 Å². The maximum Gasteiger partial charge on any atom is 0.396 e. The molecule has 2 fully saturated rings. The summed E-state index contributed by atoms with van der Waals surface area (Å²) in [6.07, 6.45) is 3.72. The first kappa shape index (κ1) is 68.9. The molecule has 472 valence electrons. The highest BCUT2D eigenvalue weighted by Crippen LogP contribution is 2.40. The number of aromatic nitrogens is 1. The van der Waals surface area contributed by atoms with Gasteiger partial charge in [0.15, 0.2) is 11.6 Å². The third kappa shape index (κ3) is 18.6. The van der Waals surface area contributed by atoms with Crippen LogP contribution in [0.2, 0.25) is 0 Å². The van der Waals surface area contributed by atoms with Gasteiger partial charge < -0.3 is 61.4 Å². The average molecular weight is 1240 g/mol. The van der Waals surface area contributed by atoms with Gasteiger partial charge in [0, 0.05) is 53.7 Å². The number of carbonyl (C=O) groups excluding carboxylic acids is 8. The van der Waals surface area contributed by atoms with E-state index in [0.717, 1.165) is 21.7 Å². The number of carbonyl (C=O) groups is 8. The molecule has 6 rings (SSSR count). The van der Waals surface area contributed by atoms with Crippen LogP contribution in [0.3, 0.4) is 0 Å². The second kappa shape index (κ2) is 30.6. The number of thioether (sulfide) groups is 1. The number of hydrogen-bond acceptors (Lipinski definition) is 13. The molecule has 22 nitrogen and oxygen atoms in total. The van der Waals surface area contributed by atoms with E-state index in [4.69, 9.17) is 10.5 Å². The molecule has 3 aromatic carbocycles. The number of nitrogens with two attached hydrogens (primary N) is 1. The zero-order valence-electron chi connectivity index (χ0n) is 50.7. The molecule has 1 aromatic heterocycles. The number of aliphatic hydroxyl groups is 1. The SMILES string of the molecule is C=N/C(C)=C(\SC)c1ccc([C@H](C)NC(=O)[C@@H]2C[C@@H](O)CN2C(=O)[C@@H](NC(=O)CCCCCc2cccc(OC[C@H](CCC(N)=O)NC(=O)[C@@H]3CCCN3C(=O)[C@H](CC(C)C)NC(=O)c3cc4cc(C(=O)P(=O)(O)O)ccc4[nH]3)c2F)C(C)(C)C)cc1. The number of unbranched alkanes of at least 4 members (excludes halogenated alkanes) is 2. The number of amides is 7. The van der Waals surface area contributed by atoms with Gasteiger partial charge >= 0.3 is 7.60 Å². The molecule has 10 N–H and O–H groups in total. The predicted octanol–water partition coefficient (Wildman–Crippen LogP) is 6.81. The molecule has 0 bridgehead atoms. The van der Waals surface area contributed by atoms with E-state index >= 15 is 4.39 Å². The zero-order chi connectivity index (χ0) is 64.1. The van der Waals surface area contributed by atoms with Crippen molar-refractivity contribution in [3.63, 3.8) is 0 Å². The van der Waals surface area contributed by atoms with Crippen molar-refractivity contribution in [1.82, 2.24) is 36.1 Å². The van der Waals surface area contributed by atoms with Gasteiger partial charge in [-0.15, -0.1) is 11.8 Å². The lowest BCUT2D eigenvalue weighted by atomic mass is 9.85. The molecule has 0 radical (unpaired) electrons. The number of ether oxygens (including phenoxy) is 1. The van der Waals surface area contributed by atoms with Crippen molar-refractivity contribution in [1.29, 1.82) is 0 Å². The summed E-state index contributed by atoms with van der Waals surface area (Å²) < 4.78 is 33.6. The minimum Gasteiger partial charge on any atom is -0.488 e. The Morgan fingerprint density at radius 2 is 1.57 bits per heavy atom. The number of nitrogens with zero attached hydrogens (tertiary/aromatic N) is 3. The van der Waals surface area contributed by atoms with Gasteiger partial charge in [-0.05, 0) is 130 Å². The van der Waals surface area contributed by atoms with Crippen molar-refractivity contribution in [3.8, 4) is 5.75 Å². The summed E-state index contributed by atoms with van der Waals surface area (Å²) in [7, 11) is -5.06. The number of β-amino-alcohol motifs (C(OH)–C–C–N with tert-alkyl or cyclic N) is 1. The summed E-state index contributed by atoms with van der Waals surface area (Å²) in [4.78, 5) is 137. The van der Waals surface area contributed by atoms with Gasteiger partial charge in [-0.2, -0.15) is 0 Å². The van der Waals surface area contributed by atoms with E-state index < -0.39 is 102 Å². The van der Waals surface area contributed by atoms with Gasteiger partial charge in [0.25, 0.3) is 11.4 Å². The lowest BCUT2D eigenvalue weighted by molar-refractivity contribution is -0.144. The van der Waals surface area contributed by atoms with Gasteiger partial charge in [-0.25, -0.2) is 4.39 Å². The summed E-state index contributed by atoms with van der Waals surface area (Å²) in [5, 5.41) is 22.6. The maximum atomic E-state index is 16.1. The zero-order valence-corrected chi connectivity index (χ0v) is 52.4. The van der Waals surface area contributed by atoms with Crippen LogP contribution in [0.25, 0.3) is 15.8 Å². The van der Waals surface area contributed by atoms with Crippen molar-refractivity contribution in [2.75, 3.05) is 26.0 Å². The normalized spacial score (nSPS) is 17.9. The largest absolute Gasteiger partial charge is 0.488 e. The van der Waals surface area contributed by atoms with Crippen molar-refractivity contribution in [3.05, 3.63) is 106 Å². The highest BCUT2D eigenvalue weighted by atomic mass is 32.2. The number of hydrogen-bond donors (Lipinski definition) is 9. The Kier molecular flexibility index (Phi) is 24.2. The van der Waals surface area contributed by atoms with E-state index in [2.05, 4.69) is 38.0 Å². The van der Waals surface area contributed by atoms with Gasteiger partial charge in [0.05, 0.1) is 23.9 Å². The molecule has 7 atom stereocenters. The Balaban J connectivity index is 1.00. The lowest BCUT2D eigenvalue weighted by Gasteiger charge is -2.35. The molecule has 87 heavy (non-hydrogen) atoms. The first-order chi connectivity index (χ1) is 41.0. The van der Waals surface area contributed by atoms with Crippen molar-refractivity contribution in [2.24, 2.45) is 22.1 Å². The van der Waals surface area contributed by atoms with Crippen LogP contribution in [-0.4, -0.2) is 146 Å². The number of nitrogens with one attached hydrogen (secondary N) is 5. The number of allylic oxidation sites excluding steroid dienone is 1. The fourth-order valence-electron chi connectivity index (χ4n) is 10.8. The number of likely N-dealkylation sites (tertiary alicyclic amines) is 2. The summed E-state index contributed by atoms with van der Waals surface area (Å²) in [6.45, 7) is 16.4. The van der Waals surface area contributed by atoms with Crippen LogP contribution in [0.4, 0.5) is 4.39 Å². The van der Waals surface area contributed by atoms with Crippen molar-refractivity contribution >= 4 is 88.8 Å². The van der Waals surface area contributed by atoms with Crippen LogP contribution in [0.15, 0.2) is 77.4 Å². The Hall–Kier alpha value is -7.24. The molecule has 0 spiro atoms. The highest BCUT2D eigenvalue weighted by Gasteiger charge is 2.45. The second-order valence-electron chi connectivity index (χ2n) is 23.9.